The molecule has 4 N–H and O–H groups in total. The fraction of sp³-hybridized carbons (Fsp3) is 0.587. The molecule has 7 unspecified atom stereocenters. The van der Waals surface area contributed by atoms with Crippen LogP contribution in [0.5, 0.6) is 0 Å². The fourth-order valence-corrected chi connectivity index (χ4v) is 10.9. The number of aliphatic hydroxyl groups excluding tert-OH is 1. The first-order valence-corrected chi connectivity index (χ1v) is 20.2. The maximum atomic E-state index is 13.1. The van der Waals surface area contributed by atoms with Crippen molar-refractivity contribution < 1.29 is 15.0 Å². The number of fused-ring (bicyclic) bond motifs is 1. The summed E-state index contributed by atoms with van der Waals surface area (Å²) in [5, 5.41) is 20.5. The molecule has 2 aromatic rings. The van der Waals surface area contributed by atoms with Crippen LogP contribution in [-0.2, 0) is 23.2 Å². The predicted octanol–water partition coefficient (Wildman–Crippen LogP) is 10.2. The van der Waals surface area contributed by atoms with Crippen LogP contribution in [0.25, 0.3) is 0 Å². The van der Waals surface area contributed by atoms with Crippen molar-refractivity contribution in [1.29, 1.82) is 0 Å². The molecule has 0 saturated heterocycles. The molecule has 50 heavy (non-hydrogen) atoms. The van der Waals surface area contributed by atoms with E-state index in [0.717, 1.165) is 50.0 Å². The van der Waals surface area contributed by atoms with E-state index in [-0.39, 0.29) is 41.6 Å². The summed E-state index contributed by atoms with van der Waals surface area (Å²) in [4.78, 5) is 13.1. The molecule has 0 spiro atoms. The van der Waals surface area contributed by atoms with Gasteiger partial charge in [-0.1, -0.05) is 142 Å². The first-order valence-electron chi connectivity index (χ1n) is 20.2. The lowest BCUT2D eigenvalue weighted by atomic mass is 9.49. The topological polar surface area (TPSA) is 83.6 Å². The van der Waals surface area contributed by atoms with Gasteiger partial charge in [-0.3, -0.25) is 4.79 Å². The summed E-state index contributed by atoms with van der Waals surface area (Å²) in [5.41, 5.74) is 10.2. The second-order valence-electron chi connectivity index (χ2n) is 16.4. The van der Waals surface area contributed by atoms with Gasteiger partial charge in [-0.05, 0) is 116 Å². The van der Waals surface area contributed by atoms with Crippen molar-refractivity contribution in [2.45, 2.75) is 115 Å². The first kappa shape index (κ1) is 36.8. The molecule has 2 fully saturated rings. The van der Waals surface area contributed by atoms with Crippen LogP contribution in [0.1, 0.15) is 113 Å². The number of aliphatic carboxylic acids is 1. The van der Waals surface area contributed by atoms with Crippen LogP contribution < -0.4 is 5.73 Å². The summed E-state index contributed by atoms with van der Waals surface area (Å²) >= 11 is 0. The van der Waals surface area contributed by atoms with Crippen LogP contribution in [0.4, 0.5) is 0 Å². The van der Waals surface area contributed by atoms with Crippen LogP contribution in [0, 0.1) is 47.3 Å². The third kappa shape index (κ3) is 8.73. The molecule has 0 bridgehead atoms. The molecule has 6 rings (SSSR count). The van der Waals surface area contributed by atoms with Crippen molar-refractivity contribution >= 4 is 5.97 Å². The minimum Gasteiger partial charge on any atom is -0.481 e. The number of carbonyl (C=O) groups is 1. The maximum Gasteiger partial charge on any atom is 0.310 e. The summed E-state index contributed by atoms with van der Waals surface area (Å²) in [5.74, 6) is 1.06. The predicted molar refractivity (Wildman–Crippen MR) is 205 cm³/mol. The summed E-state index contributed by atoms with van der Waals surface area (Å²) in [7, 11) is 0. The zero-order valence-corrected chi connectivity index (χ0v) is 30.4. The number of benzene rings is 2. The monoisotopic (exact) mass is 677 g/mol. The number of aliphatic hydroxyl groups is 1. The zero-order valence-electron chi connectivity index (χ0n) is 30.4. The minimum absolute atomic E-state index is 0.0206. The first-order chi connectivity index (χ1) is 24.5. The van der Waals surface area contributed by atoms with Crippen molar-refractivity contribution in [3.8, 4) is 0 Å². The number of aryl methyl sites for hydroxylation is 1. The van der Waals surface area contributed by atoms with Crippen LogP contribution >= 0.6 is 0 Å². The molecule has 0 aliphatic heterocycles. The second-order valence-corrected chi connectivity index (χ2v) is 16.4. The highest BCUT2D eigenvalue weighted by Gasteiger charge is 2.54. The van der Waals surface area contributed by atoms with Gasteiger partial charge in [0.2, 0.25) is 0 Å². The van der Waals surface area contributed by atoms with Gasteiger partial charge in [0.1, 0.15) is 0 Å². The quantitative estimate of drug-likeness (QED) is 0.164. The number of carboxylic acid groups (broad SMARTS) is 1. The molecule has 7 atom stereocenters. The van der Waals surface area contributed by atoms with Crippen LogP contribution in [-0.4, -0.2) is 22.7 Å². The molecule has 0 radical (unpaired) electrons. The molecule has 4 aliphatic rings. The van der Waals surface area contributed by atoms with Gasteiger partial charge < -0.3 is 15.9 Å². The van der Waals surface area contributed by atoms with Crippen LogP contribution in [0.15, 0.2) is 91.1 Å². The third-order valence-corrected chi connectivity index (χ3v) is 13.4. The Hall–Kier alpha value is -2.95. The van der Waals surface area contributed by atoms with Gasteiger partial charge >= 0.3 is 5.97 Å². The maximum absolute atomic E-state index is 13.1. The number of nitrogens with two attached hydrogens (primary N) is 1. The van der Waals surface area contributed by atoms with E-state index < -0.39 is 11.9 Å². The van der Waals surface area contributed by atoms with E-state index in [1.165, 1.54) is 75.3 Å². The van der Waals surface area contributed by atoms with Gasteiger partial charge in [-0.15, -0.1) is 0 Å². The summed E-state index contributed by atoms with van der Waals surface area (Å²) < 4.78 is 0. The van der Waals surface area contributed by atoms with E-state index >= 15 is 0 Å². The van der Waals surface area contributed by atoms with Gasteiger partial charge in [0.15, 0.2) is 0 Å². The third-order valence-electron chi connectivity index (χ3n) is 13.4. The van der Waals surface area contributed by atoms with Gasteiger partial charge in [-0.2, -0.15) is 0 Å². The van der Waals surface area contributed by atoms with E-state index in [1.54, 1.807) is 0 Å². The Kier molecular flexibility index (Phi) is 13.3. The van der Waals surface area contributed by atoms with E-state index in [9.17, 15) is 15.0 Å². The zero-order chi connectivity index (χ0) is 34.8. The summed E-state index contributed by atoms with van der Waals surface area (Å²) in [6.07, 6.45) is 33.6. The number of rotatable bonds is 15. The number of hydrogen-bond acceptors (Lipinski definition) is 3. The molecule has 0 amide bonds. The molecule has 0 aromatic heterocycles. The van der Waals surface area contributed by atoms with E-state index in [0.29, 0.717) is 12.5 Å². The fourth-order valence-electron chi connectivity index (χ4n) is 10.9. The van der Waals surface area contributed by atoms with Crippen molar-refractivity contribution in [1.82, 2.24) is 0 Å². The Morgan fingerprint density at radius 3 is 2.32 bits per heavy atom. The van der Waals surface area contributed by atoms with Gasteiger partial charge in [0.25, 0.3) is 0 Å². The van der Waals surface area contributed by atoms with Crippen molar-refractivity contribution in [2.24, 2.45) is 53.1 Å². The minimum atomic E-state index is -0.689. The molecule has 4 aliphatic carbocycles. The molecule has 4 nitrogen and oxygen atoms in total. The Balaban J connectivity index is 1.28. The van der Waals surface area contributed by atoms with Crippen molar-refractivity contribution in [2.75, 3.05) is 6.54 Å². The molecule has 2 saturated carbocycles. The molecule has 4 heteroatoms. The summed E-state index contributed by atoms with van der Waals surface area (Å²) in [6, 6.07) is 19.5. The van der Waals surface area contributed by atoms with E-state index in [2.05, 4.69) is 78.9 Å². The molecule has 2 aromatic carbocycles. The molecular formula is C46H63NO3. The smallest absolute Gasteiger partial charge is 0.310 e. The lowest BCUT2D eigenvalue weighted by Crippen LogP contribution is -2.52. The Labute approximate surface area is 302 Å². The molecule has 0 heterocycles. The highest BCUT2D eigenvalue weighted by Crippen LogP contribution is 2.57. The lowest BCUT2D eigenvalue weighted by Gasteiger charge is -2.55. The van der Waals surface area contributed by atoms with Crippen LogP contribution in [0.2, 0.25) is 0 Å². The molecular weight excluding hydrogens is 615 g/mol. The molecule has 270 valence electrons. The number of carboxylic acids is 1. The number of hydrogen-bond donors (Lipinski definition) is 3. The second kappa shape index (κ2) is 18.0. The SMILES string of the molecule is NCC1C=CC(C(=O)O)C2C1C(CC(CC=CCCC1CCCCC1)CCc1cccc(CO)c1)C=CC2C1(c2ccccc2)CCCCC1. The summed E-state index contributed by atoms with van der Waals surface area (Å²) in [6.45, 7) is 0.625. The van der Waals surface area contributed by atoms with Crippen molar-refractivity contribution in [3.63, 3.8) is 0 Å². The van der Waals surface area contributed by atoms with Gasteiger partial charge in [0, 0.05) is 5.41 Å². The highest BCUT2D eigenvalue weighted by molar-refractivity contribution is 5.73. The van der Waals surface area contributed by atoms with Gasteiger partial charge in [0.05, 0.1) is 12.5 Å². The largest absolute Gasteiger partial charge is 0.481 e. The Morgan fingerprint density at radius 2 is 1.58 bits per heavy atom. The highest BCUT2D eigenvalue weighted by atomic mass is 16.4. The van der Waals surface area contributed by atoms with E-state index in [1.807, 2.05) is 12.1 Å². The van der Waals surface area contributed by atoms with E-state index in [4.69, 9.17) is 5.73 Å². The standard InChI is InChI=1S/C46H63NO3/c47-32-39-24-26-41(45(49)50)44-42(46(28-11-4-12-29-46)40-20-9-3-10-21-40)27-25-38(43(39)44)31-36(23-22-35-18-13-19-37(30-35)33-48)17-8-2-7-16-34-14-5-1-6-15-34/h2-3,8-10,13,18-21,24-27,30,34,36,38-39,41-44,48H,1,4-7,11-12,14-17,22-23,28-29,31-33,47H2,(H,49,50). The Morgan fingerprint density at radius 1 is 0.840 bits per heavy atom. The van der Waals surface area contributed by atoms with Crippen molar-refractivity contribution in [3.05, 3.63) is 108 Å². The lowest BCUT2D eigenvalue weighted by molar-refractivity contribution is -0.145. The van der Waals surface area contributed by atoms with Gasteiger partial charge in [-0.25, -0.2) is 0 Å². The average molecular weight is 678 g/mol. The average Bonchev–Trinajstić information content (AvgIpc) is 3.17. The Bertz CT molecular complexity index is 1430. The number of allylic oxidation sites excluding steroid dienone is 4. The van der Waals surface area contributed by atoms with Crippen LogP contribution in [0.3, 0.4) is 0 Å². The normalized spacial score (nSPS) is 28.8.